The second kappa shape index (κ2) is 9.60. The number of rotatable bonds is 7. The van der Waals surface area contributed by atoms with Gasteiger partial charge in [0, 0.05) is 6.20 Å². The molecule has 0 aliphatic carbocycles. The third-order valence-electron chi connectivity index (χ3n) is 5.69. The maximum Gasteiger partial charge on any atom is 0.379 e. The van der Waals surface area contributed by atoms with Crippen molar-refractivity contribution in [3.63, 3.8) is 0 Å². The van der Waals surface area contributed by atoms with Crippen LogP contribution in [-0.4, -0.2) is 38.2 Å². The minimum absolute atomic E-state index is 0.0713. The van der Waals surface area contributed by atoms with Gasteiger partial charge in [0.05, 0.1) is 23.9 Å². The van der Waals surface area contributed by atoms with Gasteiger partial charge < -0.3 is 9.16 Å². The number of carbonyl (C=O) groups is 2. The van der Waals surface area contributed by atoms with Crippen molar-refractivity contribution < 1.29 is 18.8 Å². The highest BCUT2D eigenvalue weighted by Crippen LogP contribution is 2.42. The molecule has 2 aromatic carbocycles. The highest BCUT2D eigenvalue weighted by molar-refractivity contribution is 6.42. The van der Waals surface area contributed by atoms with Gasteiger partial charge in [0.15, 0.2) is 0 Å². The van der Waals surface area contributed by atoms with Crippen molar-refractivity contribution in [2.24, 2.45) is 0 Å². The molecule has 0 bridgehead atoms. The van der Waals surface area contributed by atoms with Gasteiger partial charge in [-0.25, -0.2) is 9.31 Å². The molecular weight excluding hydrogens is 456 g/mol. The quantitative estimate of drug-likeness (QED) is 0.157. The lowest BCUT2D eigenvalue weighted by Gasteiger charge is -2.38. The molecule has 0 unspecified atom stereocenters. The molecule has 0 amide bonds. The van der Waals surface area contributed by atoms with Gasteiger partial charge in [-0.15, -0.1) is 0 Å². The predicted molar refractivity (Wildman–Crippen MR) is 136 cm³/mol. The van der Waals surface area contributed by atoms with Gasteiger partial charge in [0.25, 0.3) is 5.78 Å². The Morgan fingerprint density at radius 3 is 1.97 bits per heavy atom. The number of Topliss-reactive ketones (excluding diaryl/α,β-unsaturated/α-hetero) is 1. The topological polar surface area (TPSA) is 69.9 Å². The SMILES string of the molecule is COC(=O)C(=O)c1c(C)nn2ccc(C(O[Si]C(C)(C)C)(c3ccccc3)c3ccccc3)cc12. The number of aryl methyl sites for hydroxylation is 1. The lowest BCUT2D eigenvalue weighted by atomic mass is 9.80. The van der Waals surface area contributed by atoms with Crippen LogP contribution >= 0.6 is 0 Å². The van der Waals surface area contributed by atoms with Crippen molar-refractivity contribution in [2.45, 2.75) is 38.3 Å². The molecule has 4 aromatic rings. The Balaban J connectivity index is 2.03. The average molecular weight is 485 g/mol. The second-order valence-corrected chi connectivity index (χ2v) is 11.3. The van der Waals surface area contributed by atoms with Crippen molar-refractivity contribution >= 4 is 27.0 Å². The molecule has 0 saturated carbocycles. The first-order valence-corrected chi connectivity index (χ1v) is 12.3. The molecule has 2 radical (unpaired) electrons. The van der Waals surface area contributed by atoms with Crippen LogP contribution in [0.25, 0.3) is 5.52 Å². The van der Waals surface area contributed by atoms with Crippen molar-refractivity contribution in [1.29, 1.82) is 0 Å². The van der Waals surface area contributed by atoms with E-state index in [0.717, 1.165) is 16.7 Å². The molecule has 0 aliphatic heterocycles. The summed E-state index contributed by atoms with van der Waals surface area (Å²) >= 11 is 0. The Morgan fingerprint density at radius 2 is 1.46 bits per heavy atom. The van der Waals surface area contributed by atoms with Crippen LogP contribution in [0.15, 0.2) is 79.0 Å². The van der Waals surface area contributed by atoms with Crippen molar-refractivity contribution in [2.75, 3.05) is 7.11 Å². The van der Waals surface area contributed by atoms with E-state index in [0.29, 0.717) is 11.2 Å². The summed E-state index contributed by atoms with van der Waals surface area (Å²) in [5.41, 5.74) is 3.02. The number of hydrogen-bond donors (Lipinski definition) is 0. The highest BCUT2D eigenvalue weighted by atomic mass is 28.2. The largest absolute Gasteiger partial charge is 0.463 e. The van der Waals surface area contributed by atoms with E-state index in [1.165, 1.54) is 7.11 Å². The number of fused-ring (bicyclic) bond motifs is 1. The Kier molecular flexibility index (Phi) is 6.74. The molecule has 7 heteroatoms. The molecule has 0 fully saturated rings. The zero-order chi connectivity index (χ0) is 25.2. The number of benzene rings is 2. The second-order valence-electron chi connectivity index (χ2n) is 9.39. The summed E-state index contributed by atoms with van der Waals surface area (Å²) in [6, 6.07) is 24.0. The minimum Gasteiger partial charge on any atom is -0.463 e. The summed E-state index contributed by atoms with van der Waals surface area (Å²) in [4.78, 5) is 25.0. The molecule has 0 N–H and O–H groups in total. The maximum atomic E-state index is 12.9. The van der Waals surface area contributed by atoms with E-state index in [1.807, 2.05) is 72.8 Å². The third-order valence-corrected chi connectivity index (χ3v) is 6.71. The van der Waals surface area contributed by atoms with E-state index in [-0.39, 0.29) is 20.4 Å². The lowest BCUT2D eigenvalue weighted by molar-refractivity contribution is -0.135. The third kappa shape index (κ3) is 4.69. The van der Waals surface area contributed by atoms with E-state index >= 15 is 0 Å². The molecule has 2 aromatic heterocycles. The van der Waals surface area contributed by atoms with E-state index < -0.39 is 17.4 Å². The van der Waals surface area contributed by atoms with Crippen LogP contribution in [-0.2, 0) is 19.6 Å². The molecule has 0 saturated heterocycles. The van der Waals surface area contributed by atoms with E-state index in [9.17, 15) is 9.59 Å². The number of nitrogens with zero attached hydrogens (tertiary/aromatic N) is 2. The lowest BCUT2D eigenvalue weighted by Crippen LogP contribution is -2.36. The number of aromatic nitrogens is 2. The standard InChI is InChI=1S/C28H28N2O4Si/c1-19-24(25(31)26(32)33-5)23-18-22(16-17-30(23)29-19)28(34-35-27(2,3)4,20-12-8-6-9-13-20)21-14-10-7-11-15-21/h6-18H,1-5H3. The van der Waals surface area contributed by atoms with E-state index in [1.54, 1.807) is 17.6 Å². The smallest absolute Gasteiger partial charge is 0.379 e. The van der Waals surface area contributed by atoms with Gasteiger partial charge in [0.1, 0.15) is 5.60 Å². The number of hydrogen-bond acceptors (Lipinski definition) is 5. The van der Waals surface area contributed by atoms with Gasteiger partial charge in [-0.2, -0.15) is 5.10 Å². The summed E-state index contributed by atoms with van der Waals surface area (Å²) < 4.78 is 13.2. The van der Waals surface area contributed by atoms with Crippen LogP contribution in [0.4, 0.5) is 0 Å². The number of methoxy groups -OCH3 is 1. The first-order valence-electron chi connectivity index (χ1n) is 11.4. The molecule has 35 heavy (non-hydrogen) atoms. The number of ether oxygens (including phenoxy) is 1. The molecule has 4 rings (SSSR count). The van der Waals surface area contributed by atoms with Crippen LogP contribution < -0.4 is 0 Å². The number of pyridine rings is 1. The monoisotopic (exact) mass is 484 g/mol. The van der Waals surface area contributed by atoms with Crippen molar-refractivity contribution in [3.8, 4) is 0 Å². The van der Waals surface area contributed by atoms with Crippen molar-refractivity contribution in [3.05, 3.63) is 107 Å². The molecule has 0 aliphatic rings. The van der Waals surface area contributed by atoms with Crippen molar-refractivity contribution in [1.82, 2.24) is 9.61 Å². The Hall–Kier alpha value is -3.55. The normalized spacial score (nSPS) is 12.0. The fourth-order valence-electron chi connectivity index (χ4n) is 4.11. The first-order chi connectivity index (χ1) is 16.7. The van der Waals surface area contributed by atoms with Gasteiger partial charge >= 0.3 is 5.97 Å². The molecular formula is C28H28N2O4Si. The zero-order valence-electron chi connectivity index (χ0n) is 20.5. The van der Waals surface area contributed by atoms with Gasteiger partial charge in [-0.1, -0.05) is 81.4 Å². The number of esters is 1. The predicted octanol–water partition coefficient (Wildman–Crippen LogP) is 5.14. The number of carbonyl (C=O) groups excluding carboxylic acids is 2. The molecule has 178 valence electrons. The minimum atomic E-state index is -0.945. The number of ketones is 1. The van der Waals surface area contributed by atoms with Crippen LogP contribution in [0.1, 0.15) is 53.5 Å². The Labute approximate surface area is 207 Å². The molecule has 0 spiro atoms. The highest BCUT2D eigenvalue weighted by Gasteiger charge is 2.39. The molecule has 6 nitrogen and oxygen atoms in total. The Morgan fingerprint density at radius 1 is 0.886 bits per heavy atom. The summed E-state index contributed by atoms with van der Waals surface area (Å²) in [6.45, 7) is 8.14. The fourth-order valence-corrected chi connectivity index (χ4v) is 4.92. The van der Waals surface area contributed by atoms with Crippen LogP contribution in [0.3, 0.4) is 0 Å². The van der Waals surface area contributed by atoms with E-state index in [2.05, 4.69) is 25.9 Å². The average Bonchev–Trinajstić information content (AvgIpc) is 3.19. The van der Waals surface area contributed by atoms with Crippen LogP contribution in [0.5, 0.6) is 0 Å². The zero-order valence-corrected chi connectivity index (χ0v) is 21.5. The van der Waals surface area contributed by atoms with Crippen LogP contribution in [0, 0.1) is 6.92 Å². The van der Waals surface area contributed by atoms with E-state index in [4.69, 9.17) is 9.16 Å². The van der Waals surface area contributed by atoms with Gasteiger partial charge in [-0.05, 0) is 40.8 Å². The van der Waals surface area contributed by atoms with Gasteiger partial charge in [-0.3, -0.25) is 4.79 Å². The summed E-state index contributed by atoms with van der Waals surface area (Å²) in [6.07, 6.45) is 1.80. The first kappa shape index (κ1) is 24.6. The molecule has 0 atom stereocenters. The molecule has 2 heterocycles. The Bertz CT molecular complexity index is 1320. The summed E-state index contributed by atoms with van der Waals surface area (Å²) in [5, 5.41) is 4.38. The van der Waals surface area contributed by atoms with Crippen LogP contribution in [0.2, 0.25) is 5.04 Å². The fraction of sp³-hybridized carbons (Fsp3) is 0.250. The maximum absolute atomic E-state index is 12.9. The summed E-state index contributed by atoms with van der Waals surface area (Å²) in [5.74, 6) is -1.64. The van der Waals surface area contributed by atoms with Gasteiger partial charge in [0.2, 0.25) is 9.76 Å². The summed E-state index contributed by atoms with van der Waals surface area (Å²) in [7, 11) is 1.37.